The average Bonchev–Trinajstić information content (AvgIpc) is 2.90. The molecule has 0 radical (unpaired) electrons. The number of allylic oxidation sites excluding steroid dienone is 1. The van der Waals surface area contributed by atoms with Crippen LogP contribution in [0.2, 0.25) is 0 Å². The van der Waals surface area contributed by atoms with Crippen molar-refractivity contribution in [1.82, 2.24) is 0 Å². The minimum absolute atomic E-state index is 0.0150. The highest BCUT2D eigenvalue weighted by atomic mass is 35.5. The number of methoxy groups -OCH3 is 1. The quantitative estimate of drug-likeness (QED) is 0.501. The van der Waals surface area contributed by atoms with Crippen LogP contribution in [-0.4, -0.2) is 7.11 Å². The van der Waals surface area contributed by atoms with Gasteiger partial charge in [0, 0.05) is 22.9 Å². The molecule has 0 saturated carbocycles. The maximum Gasteiger partial charge on any atom is 0.131 e. The molecule has 0 saturated heterocycles. The molecule has 120 valence electrons. The van der Waals surface area contributed by atoms with E-state index in [1.165, 1.54) is 6.07 Å². The number of benzene rings is 2. The first kappa shape index (κ1) is 16.1. The van der Waals surface area contributed by atoms with Gasteiger partial charge in [-0.25, -0.2) is 4.39 Å². The predicted octanol–water partition coefficient (Wildman–Crippen LogP) is 5.90. The second-order valence-electron chi connectivity index (χ2n) is 6.55. The molecular formula is C20H20ClFO. The number of halogens is 2. The summed E-state index contributed by atoms with van der Waals surface area (Å²) in [6.07, 6.45) is 1.92. The van der Waals surface area contributed by atoms with Crippen LogP contribution in [0.15, 0.2) is 43.0 Å². The fourth-order valence-electron chi connectivity index (χ4n) is 3.52. The molecule has 2 aromatic rings. The standard InChI is InChI=1S/C20H20ClFO/c1-5-20(2,3)19-14-10-12(11-21)6-7-13(14)17-15(22)8-9-16(23-4)18(17)19/h5-10,19H,1,11H2,2-4H3. The molecule has 0 heterocycles. The Balaban J connectivity index is 2.38. The van der Waals surface area contributed by atoms with Gasteiger partial charge in [0.1, 0.15) is 11.6 Å². The zero-order valence-electron chi connectivity index (χ0n) is 13.6. The van der Waals surface area contributed by atoms with Crippen LogP contribution >= 0.6 is 11.6 Å². The minimum Gasteiger partial charge on any atom is -0.496 e. The molecule has 0 aromatic heterocycles. The van der Waals surface area contributed by atoms with E-state index in [-0.39, 0.29) is 17.2 Å². The smallest absolute Gasteiger partial charge is 0.131 e. The second-order valence-corrected chi connectivity index (χ2v) is 6.82. The van der Waals surface area contributed by atoms with Crippen LogP contribution in [0.25, 0.3) is 11.1 Å². The van der Waals surface area contributed by atoms with E-state index in [1.807, 2.05) is 18.2 Å². The Morgan fingerprint density at radius 3 is 2.65 bits per heavy atom. The van der Waals surface area contributed by atoms with Gasteiger partial charge in [-0.05, 0) is 34.2 Å². The Kier molecular flexibility index (Phi) is 3.97. The van der Waals surface area contributed by atoms with Gasteiger partial charge in [0.2, 0.25) is 0 Å². The molecule has 0 N–H and O–H groups in total. The normalized spacial score (nSPS) is 16.0. The number of alkyl halides is 1. The van der Waals surface area contributed by atoms with Gasteiger partial charge >= 0.3 is 0 Å². The molecule has 1 atom stereocenters. The van der Waals surface area contributed by atoms with Gasteiger partial charge in [-0.3, -0.25) is 0 Å². The van der Waals surface area contributed by atoms with Crippen molar-refractivity contribution >= 4 is 11.6 Å². The van der Waals surface area contributed by atoms with Gasteiger partial charge < -0.3 is 4.74 Å². The van der Waals surface area contributed by atoms with Crippen molar-refractivity contribution in [3.63, 3.8) is 0 Å². The lowest BCUT2D eigenvalue weighted by Crippen LogP contribution is -2.19. The van der Waals surface area contributed by atoms with E-state index in [9.17, 15) is 4.39 Å². The third-order valence-electron chi connectivity index (χ3n) is 4.78. The molecule has 0 aliphatic heterocycles. The largest absolute Gasteiger partial charge is 0.496 e. The van der Waals surface area contributed by atoms with E-state index in [1.54, 1.807) is 13.2 Å². The number of hydrogen-bond acceptors (Lipinski definition) is 1. The molecule has 23 heavy (non-hydrogen) atoms. The van der Waals surface area contributed by atoms with Gasteiger partial charge in [-0.15, -0.1) is 18.2 Å². The highest BCUT2D eigenvalue weighted by Crippen LogP contribution is 2.56. The van der Waals surface area contributed by atoms with Crippen LogP contribution in [0, 0.1) is 11.2 Å². The SMILES string of the molecule is C=CC(C)(C)C1c2cc(CCl)ccc2-c2c(F)ccc(OC)c21. The number of hydrogen-bond donors (Lipinski definition) is 0. The summed E-state index contributed by atoms with van der Waals surface area (Å²) in [6.45, 7) is 8.21. The summed E-state index contributed by atoms with van der Waals surface area (Å²) >= 11 is 6.01. The summed E-state index contributed by atoms with van der Waals surface area (Å²) in [7, 11) is 1.62. The molecule has 1 nitrogen and oxygen atoms in total. The number of fused-ring (bicyclic) bond motifs is 3. The molecule has 1 unspecified atom stereocenters. The topological polar surface area (TPSA) is 9.23 Å². The van der Waals surface area contributed by atoms with Crippen molar-refractivity contribution in [2.24, 2.45) is 5.41 Å². The van der Waals surface area contributed by atoms with Gasteiger partial charge in [-0.2, -0.15) is 0 Å². The molecule has 3 heteroatoms. The summed E-state index contributed by atoms with van der Waals surface area (Å²) in [5, 5.41) is 0. The Bertz CT molecular complexity index is 779. The third kappa shape index (κ3) is 2.36. The lowest BCUT2D eigenvalue weighted by atomic mass is 9.73. The van der Waals surface area contributed by atoms with Crippen LogP contribution in [0.5, 0.6) is 5.75 Å². The number of rotatable bonds is 4. The highest BCUT2D eigenvalue weighted by molar-refractivity contribution is 6.17. The van der Waals surface area contributed by atoms with E-state index in [0.29, 0.717) is 17.2 Å². The second kappa shape index (κ2) is 5.68. The molecule has 0 bridgehead atoms. The van der Waals surface area contributed by atoms with Crippen molar-refractivity contribution in [1.29, 1.82) is 0 Å². The monoisotopic (exact) mass is 330 g/mol. The molecular weight excluding hydrogens is 311 g/mol. The van der Waals surface area contributed by atoms with E-state index in [2.05, 4.69) is 26.5 Å². The number of ether oxygens (including phenoxy) is 1. The summed E-state index contributed by atoms with van der Waals surface area (Å²) < 4.78 is 20.2. The Morgan fingerprint density at radius 2 is 2.04 bits per heavy atom. The lowest BCUT2D eigenvalue weighted by Gasteiger charge is -2.31. The first-order chi connectivity index (χ1) is 10.9. The molecule has 0 spiro atoms. The van der Waals surface area contributed by atoms with E-state index < -0.39 is 0 Å². The maximum atomic E-state index is 14.6. The van der Waals surface area contributed by atoms with Crippen LogP contribution in [0.1, 0.15) is 36.5 Å². The average molecular weight is 331 g/mol. The zero-order chi connectivity index (χ0) is 16.8. The first-order valence-corrected chi connectivity index (χ1v) is 8.17. The Labute approximate surface area is 141 Å². The summed E-state index contributed by atoms with van der Waals surface area (Å²) in [5.74, 6) is 0.914. The Morgan fingerprint density at radius 1 is 1.30 bits per heavy atom. The molecule has 1 aliphatic carbocycles. The van der Waals surface area contributed by atoms with Crippen molar-refractivity contribution < 1.29 is 9.13 Å². The van der Waals surface area contributed by atoms with Crippen LogP contribution in [0.4, 0.5) is 4.39 Å². The van der Waals surface area contributed by atoms with Crippen LogP contribution < -0.4 is 4.74 Å². The minimum atomic E-state index is -0.244. The molecule has 1 aliphatic rings. The first-order valence-electron chi connectivity index (χ1n) is 7.63. The summed E-state index contributed by atoms with van der Waals surface area (Å²) in [6, 6.07) is 9.18. The fourth-order valence-corrected chi connectivity index (χ4v) is 3.69. The van der Waals surface area contributed by atoms with Gasteiger partial charge in [0.25, 0.3) is 0 Å². The lowest BCUT2D eigenvalue weighted by molar-refractivity contribution is 0.380. The molecule has 3 rings (SSSR count). The van der Waals surface area contributed by atoms with E-state index >= 15 is 0 Å². The van der Waals surface area contributed by atoms with E-state index in [0.717, 1.165) is 22.3 Å². The van der Waals surface area contributed by atoms with Crippen molar-refractivity contribution in [3.8, 4) is 16.9 Å². The van der Waals surface area contributed by atoms with Gasteiger partial charge in [0.15, 0.2) is 0 Å². The fraction of sp³-hybridized carbons (Fsp3) is 0.300. The zero-order valence-corrected chi connectivity index (χ0v) is 14.4. The molecule has 0 fully saturated rings. The Hall–Kier alpha value is -1.80. The van der Waals surface area contributed by atoms with Crippen molar-refractivity contribution in [3.05, 3.63) is 65.5 Å². The molecule has 0 amide bonds. The van der Waals surface area contributed by atoms with Crippen LogP contribution in [0.3, 0.4) is 0 Å². The molecule has 2 aromatic carbocycles. The van der Waals surface area contributed by atoms with E-state index in [4.69, 9.17) is 16.3 Å². The van der Waals surface area contributed by atoms with Gasteiger partial charge in [-0.1, -0.05) is 38.1 Å². The maximum absolute atomic E-state index is 14.6. The predicted molar refractivity (Wildman–Crippen MR) is 93.8 cm³/mol. The van der Waals surface area contributed by atoms with Crippen molar-refractivity contribution in [2.45, 2.75) is 25.6 Å². The highest BCUT2D eigenvalue weighted by Gasteiger charge is 2.41. The summed E-state index contributed by atoms with van der Waals surface area (Å²) in [4.78, 5) is 0. The van der Waals surface area contributed by atoms with Gasteiger partial charge in [0.05, 0.1) is 7.11 Å². The third-order valence-corrected chi connectivity index (χ3v) is 5.09. The summed E-state index contributed by atoms with van der Waals surface area (Å²) in [5.41, 5.74) is 4.34. The van der Waals surface area contributed by atoms with Crippen molar-refractivity contribution in [2.75, 3.05) is 7.11 Å². The van der Waals surface area contributed by atoms with Crippen LogP contribution in [-0.2, 0) is 5.88 Å².